The average molecular weight is 218 g/mol. The van der Waals surface area contributed by atoms with Crippen molar-refractivity contribution in [3.63, 3.8) is 0 Å². The Morgan fingerprint density at radius 2 is 1.88 bits per heavy atom. The maximum absolute atomic E-state index is 10.5. The summed E-state index contributed by atoms with van der Waals surface area (Å²) in [5.41, 5.74) is 1.19. The van der Waals surface area contributed by atoms with Gasteiger partial charge >= 0.3 is 5.97 Å². The molecule has 2 aromatic rings. The molecular weight excluding hydrogens is 208 g/mol. The zero-order valence-corrected chi connectivity index (χ0v) is 8.33. The Balaban J connectivity index is 2.26. The van der Waals surface area contributed by atoms with Gasteiger partial charge in [-0.05, 0) is 17.7 Å². The molecule has 0 fully saturated rings. The second-order valence-corrected chi connectivity index (χ2v) is 3.34. The molecule has 4 nitrogen and oxygen atoms in total. The highest BCUT2D eigenvalue weighted by Crippen LogP contribution is 2.22. The summed E-state index contributed by atoms with van der Waals surface area (Å²) in [7, 11) is 0. The first-order chi connectivity index (χ1) is 7.68. The molecule has 1 aromatic carbocycles. The van der Waals surface area contributed by atoms with Gasteiger partial charge in [-0.25, -0.2) is 4.79 Å². The molecule has 0 bridgehead atoms. The average Bonchev–Trinajstić information content (AvgIpc) is 2.81. The van der Waals surface area contributed by atoms with Crippen LogP contribution in [0.15, 0.2) is 47.1 Å². The highest BCUT2D eigenvalue weighted by Gasteiger charge is 2.15. The molecule has 0 aliphatic heterocycles. The first-order valence-corrected chi connectivity index (χ1v) is 4.73. The number of hydrogen-bond donors (Lipinski definition) is 2. The summed E-state index contributed by atoms with van der Waals surface area (Å²) in [6.45, 7) is 0. The van der Waals surface area contributed by atoms with Crippen molar-refractivity contribution in [1.82, 2.24) is 0 Å². The number of carboxylic acids is 1. The fourth-order valence-corrected chi connectivity index (χ4v) is 1.42. The molecule has 82 valence electrons. The Morgan fingerprint density at radius 1 is 1.19 bits per heavy atom. The van der Waals surface area contributed by atoms with Gasteiger partial charge in [-0.2, -0.15) is 0 Å². The number of rotatable bonds is 3. The summed E-state index contributed by atoms with van der Waals surface area (Å²) in [5.74, 6) is -0.554. The van der Waals surface area contributed by atoms with Crippen molar-refractivity contribution in [3.8, 4) is 11.3 Å². The molecule has 1 atom stereocenters. The molecule has 16 heavy (non-hydrogen) atoms. The van der Waals surface area contributed by atoms with Gasteiger partial charge in [-0.1, -0.05) is 24.3 Å². The monoisotopic (exact) mass is 218 g/mol. The first-order valence-electron chi connectivity index (χ1n) is 4.73. The van der Waals surface area contributed by atoms with Gasteiger partial charge in [0.05, 0.1) is 6.26 Å². The summed E-state index contributed by atoms with van der Waals surface area (Å²) in [6.07, 6.45) is 0.0839. The van der Waals surface area contributed by atoms with Crippen LogP contribution in [0.1, 0.15) is 11.7 Å². The van der Waals surface area contributed by atoms with Crippen LogP contribution in [0.4, 0.5) is 0 Å². The third-order valence-electron chi connectivity index (χ3n) is 2.27. The Kier molecular flexibility index (Phi) is 2.74. The second kappa shape index (κ2) is 4.20. The number of aliphatic hydroxyl groups is 1. The van der Waals surface area contributed by atoms with E-state index >= 15 is 0 Å². The Labute approximate surface area is 91.8 Å². The molecule has 1 aromatic heterocycles. The number of benzene rings is 1. The molecule has 0 amide bonds. The number of furan rings is 1. The minimum atomic E-state index is -1.48. The maximum atomic E-state index is 10.5. The van der Waals surface area contributed by atoms with Crippen molar-refractivity contribution >= 4 is 5.97 Å². The van der Waals surface area contributed by atoms with Crippen LogP contribution in [0.3, 0.4) is 0 Å². The summed E-state index contributed by atoms with van der Waals surface area (Å²) in [4.78, 5) is 10.5. The van der Waals surface area contributed by atoms with E-state index < -0.39 is 12.1 Å². The number of aliphatic carboxylic acids is 1. The number of hydrogen-bond acceptors (Lipinski definition) is 3. The van der Waals surface area contributed by atoms with E-state index in [4.69, 9.17) is 9.52 Å². The molecule has 0 saturated carbocycles. The highest BCUT2D eigenvalue weighted by atomic mass is 16.4. The van der Waals surface area contributed by atoms with Crippen LogP contribution in [0, 0.1) is 0 Å². The van der Waals surface area contributed by atoms with Gasteiger partial charge in [0.1, 0.15) is 5.76 Å². The number of carbonyl (C=O) groups is 1. The lowest BCUT2D eigenvalue weighted by Gasteiger charge is -2.05. The zero-order chi connectivity index (χ0) is 11.5. The molecule has 1 unspecified atom stereocenters. The molecular formula is C12H10O4. The lowest BCUT2D eigenvalue weighted by molar-refractivity contribution is -0.146. The van der Waals surface area contributed by atoms with Crippen LogP contribution in [0.25, 0.3) is 11.3 Å². The third kappa shape index (κ3) is 1.97. The van der Waals surface area contributed by atoms with Gasteiger partial charge in [0.25, 0.3) is 0 Å². The van der Waals surface area contributed by atoms with Gasteiger partial charge in [-0.3, -0.25) is 0 Å². The molecule has 4 heteroatoms. The summed E-state index contributed by atoms with van der Waals surface area (Å²) >= 11 is 0. The van der Waals surface area contributed by atoms with Gasteiger partial charge in [-0.15, -0.1) is 0 Å². The van der Waals surface area contributed by atoms with Crippen molar-refractivity contribution in [3.05, 3.63) is 48.2 Å². The van der Waals surface area contributed by atoms with Gasteiger partial charge in [0.15, 0.2) is 6.10 Å². The second-order valence-electron chi connectivity index (χ2n) is 3.34. The predicted molar refractivity (Wildman–Crippen MR) is 56.7 cm³/mol. The standard InChI is InChI=1S/C12H10O4/c13-11(12(14)15)9-5-3-8(4-6-9)10-2-1-7-16-10/h1-7,11,13H,(H,14,15). The largest absolute Gasteiger partial charge is 0.479 e. The van der Waals surface area contributed by atoms with E-state index in [9.17, 15) is 9.90 Å². The lowest BCUT2D eigenvalue weighted by atomic mass is 10.1. The fourth-order valence-electron chi connectivity index (χ4n) is 1.42. The van der Waals surface area contributed by atoms with E-state index in [1.807, 2.05) is 6.07 Å². The van der Waals surface area contributed by atoms with Crippen LogP contribution in [0.5, 0.6) is 0 Å². The predicted octanol–water partition coefficient (Wildman–Crippen LogP) is 2.06. The van der Waals surface area contributed by atoms with E-state index in [-0.39, 0.29) is 0 Å². The van der Waals surface area contributed by atoms with Gasteiger partial charge < -0.3 is 14.6 Å². The Morgan fingerprint density at radius 3 is 2.38 bits per heavy atom. The summed E-state index contributed by atoms with van der Waals surface area (Å²) in [5, 5.41) is 17.9. The van der Waals surface area contributed by atoms with Crippen LogP contribution < -0.4 is 0 Å². The lowest BCUT2D eigenvalue weighted by Crippen LogP contribution is -2.09. The Hall–Kier alpha value is -2.07. The number of carboxylic acid groups (broad SMARTS) is 1. The molecule has 0 aliphatic carbocycles. The smallest absolute Gasteiger partial charge is 0.337 e. The van der Waals surface area contributed by atoms with Crippen LogP contribution >= 0.6 is 0 Å². The third-order valence-corrected chi connectivity index (χ3v) is 2.27. The quantitative estimate of drug-likeness (QED) is 0.827. The summed E-state index contributed by atoms with van der Waals surface area (Å²) < 4.78 is 5.19. The van der Waals surface area contributed by atoms with Gasteiger partial charge in [0, 0.05) is 5.56 Å². The van der Waals surface area contributed by atoms with Crippen molar-refractivity contribution in [2.75, 3.05) is 0 Å². The van der Waals surface area contributed by atoms with Crippen molar-refractivity contribution in [1.29, 1.82) is 0 Å². The molecule has 0 spiro atoms. The normalized spacial score (nSPS) is 12.3. The molecule has 2 rings (SSSR count). The van der Waals surface area contributed by atoms with Crippen molar-refractivity contribution in [2.45, 2.75) is 6.10 Å². The van der Waals surface area contributed by atoms with Crippen LogP contribution in [0.2, 0.25) is 0 Å². The highest BCUT2D eigenvalue weighted by molar-refractivity contribution is 5.74. The first kappa shape index (κ1) is 10.4. The maximum Gasteiger partial charge on any atom is 0.337 e. The Bertz CT molecular complexity index is 470. The van der Waals surface area contributed by atoms with Gasteiger partial charge in [0.2, 0.25) is 0 Å². The molecule has 0 aliphatic rings. The zero-order valence-electron chi connectivity index (χ0n) is 8.33. The SMILES string of the molecule is O=C(O)C(O)c1ccc(-c2ccco2)cc1. The van der Waals surface area contributed by atoms with E-state index in [0.29, 0.717) is 11.3 Å². The number of aliphatic hydroxyl groups excluding tert-OH is 1. The summed E-state index contributed by atoms with van der Waals surface area (Å²) in [6, 6.07) is 10.1. The molecule has 1 heterocycles. The minimum Gasteiger partial charge on any atom is -0.479 e. The van der Waals surface area contributed by atoms with E-state index in [2.05, 4.69) is 0 Å². The van der Waals surface area contributed by atoms with Crippen molar-refractivity contribution < 1.29 is 19.4 Å². The fraction of sp³-hybridized carbons (Fsp3) is 0.0833. The molecule has 0 radical (unpaired) electrons. The van der Waals surface area contributed by atoms with Crippen LogP contribution in [-0.4, -0.2) is 16.2 Å². The molecule has 0 saturated heterocycles. The van der Waals surface area contributed by atoms with E-state index in [1.165, 1.54) is 0 Å². The van der Waals surface area contributed by atoms with E-state index in [0.717, 1.165) is 5.56 Å². The van der Waals surface area contributed by atoms with Crippen LogP contribution in [-0.2, 0) is 4.79 Å². The molecule has 2 N–H and O–H groups in total. The topological polar surface area (TPSA) is 70.7 Å². The minimum absolute atomic E-state index is 0.350. The van der Waals surface area contributed by atoms with Crippen molar-refractivity contribution in [2.24, 2.45) is 0 Å². The van der Waals surface area contributed by atoms with E-state index in [1.54, 1.807) is 36.6 Å².